The summed E-state index contributed by atoms with van der Waals surface area (Å²) in [6, 6.07) is 4.26. The van der Waals surface area contributed by atoms with Crippen LogP contribution >= 0.6 is 11.6 Å². The number of rotatable bonds is 5. The van der Waals surface area contributed by atoms with Crippen LogP contribution in [0.25, 0.3) is 0 Å². The summed E-state index contributed by atoms with van der Waals surface area (Å²) in [5.74, 6) is -1.22. The minimum atomic E-state index is -0.512. The lowest BCUT2D eigenvalue weighted by Crippen LogP contribution is -2.30. The normalized spacial score (nSPS) is 10.1. The summed E-state index contributed by atoms with van der Waals surface area (Å²) in [7, 11) is 2.82. The molecule has 0 aromatic heterocycles. The minimum absolute atomic E-state index is 0.101. The van der Waals surface area contributed by atoms with Gasteiger partial charge in [0.05, 0.1) is 20.0 Å². The number of methoxy groups -OCH3 is 1. The maximum atomic E-state index is 13.5. The maximum Gasteiger partial charge on any atom is 0.307 e. The van der Waals surface area contributed by atoms with E-state index < -0.39 is 11.8 Å². The molecule has 0 aliphatic carbocycles. The molecule has 104 valence electrons. The third kappa shape index (κ3) is 4.52. The van der Waals surface area contributed by atoms with E-state index in [1.54, 1.807) is 7.05 Å². The van der Waals surface area contributed by atoms with Crippen molar-refractivity contribution in [2.45, 2.75) is 12.8 Å². The van der Waals surface area contributed by atoms with E-state index in [2.05, 4.69) is 4.74 Å². The molecule has 4 nitrogen and oxygen atoms in total. The topological polar surface area (TPSA) is 46.6 Å². The van der Waals surface area contributed by atoms with Gasteiger partial charge in [-0.15, -0.1) is 0 Å². The number of hydrogen-bond acceptors (Lipinski definition) is 3. The summed E-state index contributed by atoms with van der Waals surface area (Å²) in [4.78, 5) is 24.2. The van der Waals surface area contributed by atoms with Crippen LogP contribution in [-0.2, 0) is 20.7 Å². The standard InChI is InChI=1S/C13H15ClFNO3/c1-16(7-6-13(18)19-2)12(17)8-9-10(14)4-3-5-11(9)15/h3-5H,6-8H2,1-2H3. The molecule has 0 bridgehead atoms. The van der Waals surface area contributed by atoms with Gasteiger partial charge in [-0.3, -0.25) is 9.59 Å². The Kier molecular flexibility index (Phi) is 5.76. The number of carbonyl (C=O) groups excluding carboxylic acids is 2. The summed E-state index contributed by atoms with van der Waals surface area (Å²) in [6.07, 6.45) is -0.0348. The molecule has 0 saturated heterocycles. The number of carbonyl (C=O) groups is 2. The smallest absolute Gasteiger partial charge is 0.307 e. The second-order valence-corrected chi connectivity index (χ2v) is 4.43. The van der Waals surface area contributed by atoms with Crippen LogP contribution in [-0.4, -0.2) is 37.5 Å². The van der Waals surface area contributed by atoms with Gasteiger partial charge < -0.3 is 9.64 Å². The number of nitrogens with zero attached hydrogens (tertiary/aromatic N) is 1. The van der Waals surface area contributed by atoms with Crippen molar-refractivity contribution < 1.29 is 18.7 Å². The van der Waals surface area contributed by atoms with Crippen LogP contribution in [0.3, 0.4) is 0 Å². The first-order valence-electron chi connectivity index (χ1n) is 5.69. The van der Waals surface area contributed by atoms with Crippen LogP contribution in [0.1, 0.15) is 12.0 Å². The zero-order valence-electron chi connectivity index (χ0n) is 10.8. The maximum absolute atomic E-state index is 13.5. The molecule has 0 fully saturated rings. The fourth-order valence-electron chi connectivity index (χ4n) is 1.47. The van der Waals surface area contributed by atoms with Crippen LogP contribution in [0.4, 0.5) is 4.39 Å². The highest BCUT2D eigenvalue weighted by Gasteiger charge is 2.16. The third-order valence-corrected chi connectivity index (χ3v) is 3.05. The monoisotopic (exact) mass is 287 g/mol. The minimum Gasteiger partial charge on any atom is -0.469 e. The number of amides is 1. The Morgan fingerprint density at radius 3 is 2.68 bits per heavy atom. The molecule has 19 heavy (non-hydrogen) atoms. The molecule has 0 aliphatic rings. The van der Waals surface area contributed by atoms with Crippen LogP contribution < -0.4 is 0 Å². The Labute approximate surface area is 116 Å². The van der Waals surface area contributed by atoms with E-state index in [0.29, 0.717) is 0 Å². The molecule has 1 amide bonds. The summed E-state index contributed by atoms with van der Waals surface area (Å²) >= 11 is 5.84. The lowest BCUT2D eigenvalue weighted by atomic mass is 10.1. The van der Waals surface area contributed by atoms with E-state index in [9.17, 15) is 14.0 Å². The molecule has 0 N–H and O–H groups in total. The Bertz CT molecular complexity index is 459. The second kappa shape index (κ2) is 7.09. The molecule has 0 radical (unpaired) electrons. The van der Waals surface area contributed by atoms with Crippen molar-refractivity contribution >= 4 is 23.5 Å². The molecule has 0 unspecified atom stereocenters. The van der Waals surface area contributed by atoms with E-state index in [1.165, 1.54) is 30.2 Å². The van der Waals surface area contributed by atoms with Gasteiger partial charge in [-0.05, 0) is 12.1 Å². The van der Waals surface area contributed by atoms with Crippen molar-refractivity contribution in [2.24, 2.45) is 0 Å². The summed E-state index contributed by atoms with van der Waals surface area (Å²) in [5, 5.41) is 0.217. The summed E-state index contributed by atoms with van der Waals surface area (Å²) in [5.41, 5.74) is 0.166. The molecule has 0 aliphatic heterocycles. The van der Waals surface area contributed by atoms with Crippen molar-refractivity contribution in [2.75, 3.05) is 20.7 Å². The van der Waals surface area contributed by atoms with E-state index in [-0.39, 0.29) is 35.9 Å². The van der Waals surface area contributed by atoms with Crippen molar-refractivity contribution in [3.8, 4) is 0 Å². The molecule has 6 heteroatoms. The van der Waals surface area contributed by atoms with Crippen LogP contribution in [0.5, 0.6) is 0 Å². The van der Waals surface area contributed by atoms with E-state index in [0.717, 1.165) is 0 Å². The van der Waals surface area contributed by atoms with Crippen molar-refractivity contribution in [1.82, 2.24) is 4.90 Å². The molecular formula is C13H15ClFNO3. The van der Waals surface area contributed by atoms with Crippen LogP contribution in [0, 0.1) is 5.82 Å². The summed E-state index contributed by atoms with van der Waals surface area (Å²) in [6.45, 7) is 0.220. The predicted molar refractivity (Wildman–Crippen MR) is 69.4 cm³/mol. The van der Waals surface area contributed by atoms with E-state index in [1.807, 2.05) is 0 Å². The number of halogens is 2. The Hall–Kier alpha value is -1.62. The first-order chi connectivity index (χ1) is 8.95. The molecule has 1 aromatic carbocycles. The van der Waals surface area contributed by atoms with Crippen molar-refractivity contribution in [1.29, 1.82) is 0 Å². The highest BCUT2D eigenvalue weighted by molar-refractivity contribution is 6.31. The largest absolute Gasteiger partial charge is 0.469 e. The molecule has 1 rings (SSSR count). The van der Waals surface area contributed by atoms with Gasteiger partial charge in [-0.25, -0.2) is 4.39 Å². The molecule has 0 heterocycles. The van der Waals surface area contributed by atoms with Gasteiger partial charge in [0.1, 0.15) is 5.82 Å². The molecular weight excluding hydrogens is 273 g/mol. The Morgan fingerprint density at radius 1 is 1.42 bits per heavy atom. The van der Waals surface area contributed by atoms with E-state index in [4.69, 9.17) is 11.6 Å². The SMILES string of the molecule is COC(=O)CCN(C)C(=O)Cc1c(F)cccc1Cl. The number of benzene rings is 1. The fourth-order valence-corrected chi connectivity index (χ4v) is 1.70. The first kappa shape index (κ1) is 15.4. The zero-order chi connectivity index (χ0) is 14.4. The van der Waals surface area contributed by atoms with Crippen molar-refractivity contribution in [3.63, 3.8) is 0 Å². The fraction of sp³-hybridized carbons (Fsp3) is 0.385. The average molecular weight is 288 g/mol. The number of ether oxygens (including phenoxy) is 1. The van der Waals surface area contributed by atoms with Crippen molar-refractivity contribution in [3.05, 3.63) is 34.6 Å². The quantitative estimate of drug-likeness (QED) is 0.779. The highest BCUT2D eigenvalue weighted by atomic mass is 35.5. The lowest BCUT2D eigenvalue weighted by molar-refractivity contribution is -0.141. The highest BCUT2D eigenvalue weighted by Crippen LogP contribution is 2.19. The van der Waals surface area contributed by atoms with E-state index >= 15 is 0 Å². The number of esters is 1. The first-order valence-corrected chi connectivity index (χ1v) is 6.07. The van der Waals surface area contributed by atoms with Gasteiger partial charge in [0.2, 0.25) is 5.91 Å². The van der Waals surface area contributed by atoms with Gasteiger partial charge in [-0.2, -0.15) is 0 Å². The van der Waals surface area contributed by atoms with Crippen LogP contribution in [0.15, 0.2) is 18.2 Å². The number of likely N-dealkylation sites (N-methyl/N-ethyl adjacent to an activating group) is 1. The van der Waals surface area contributed by atoms with Gasteiger partial charge in [0.25, 0.3) is 0 Å². The van der Waals surface area contributed by atoms with Gasteiger partial charge in [0.15, 0.2) is 0 Å². The molecule has 0 atom stereocenters. The van der Waals surface area contributed by atoms with Gasteiger partial charge in [-0.1, -0.05) is 17.7 Å². The second-order valence-electron chi connectivity index (χ2n) is 4.02. The van der Waals surface area contributed by atoms with Crippen LogP contribution in [0.2, 0.25) is 5.02 Å². The predicted octanol–water partition coefficient (Wildman–Crippen LogP) is 2.04. The number of hydrogen-bond donors (Lipinski definition) is 0. The molecule has 0 saturated carbocycles. The molecule has 0 spiro atoms. The molecule has 1 aromatic rings. The Morgan fingerprint density at radius 2 is 2.11 bits per heavy atom. The summed E-state index contributed by atoms with van der Waals surface area (Å²) < 4.78 is 18.0. The zero-order valence-corrected chi connectivity index (χ0v) is 11.5. The van der Waals surface area contributed by atoms with Gasteiger partial charge >= 0.3 is 5.97 Å². The average Bonchev–Trinajstić information content (AvgIpc) is 2.39. The Balaban J connectivity index is 2.61. The third-order valence-electron chi connectivity index (χ3n) is 2.69. The van der Waals surface area contributed by atoms with Gasteiger partial charge in [0, 0.05) is 24.2 Å². The lowest BCUT2D eigenvalue weighted by Gasteiger charge is -2.17.